The molecule has 3 unspecified atom stereocenters. The predicted molar refractivity (Wildman–Crippen MR) is 138 cm³/mol. The van der Waals surface area contributed by atoms with E-state index in [1.165, 1.54) is 0 Å². The number of amides is 1. The second kappa shape index (κ2) is 7.99. The van der Waals surface area contributed by atoms with Crippen LogP contribution in [-0.2, 0) is 27.6 Å². The minimum atomic E-state index is -1.07. The maximum absolute atomic E-state index is 13.2. The van der Waals surface area contributed by atoms with E-state index in [-0.39, 0.29) is 17.4 Å². The Balaban J connectivity index is 1.28. The first-order chi connectivity index (χ1) is 17.1. The van der Waals surface area contributed by atoms with E-state index in [4.69, 9.17) is 9.97 Å². The maximum Gasteiger partial charge on any atom is 0.241 e. The fourth-order valence-corrected chi connectivity index (χ4v) is 7.12. The van der Waals surface area contributed by atoms with E-state index in [2.05, 4.69) is 46.1 Å². The normalized spacial score (nSPS) is 28.7. The van der Waals surface area contributed by atoms with Gasteiger partial charge in [0.25, 0.3) is 0 Å². The molecule has 0 saturated carbocycles. The number of anilines is 2. The van der Waals surface area contributed by atoms with Crippen molar-refractivity contribution in [2.75, 3.05) is 41.7 Å². The molecule has 1 N–H and O–H groups in total. The van der Waals surface area contributed by atoms with Crippen LogP contribution in [-0.4, -0.2) is 82.5 Å². The summed E-state index contributed by atoms with van der Waals surface area (Å²) in [5, 5.41) is 11.9. The van der Waals surface area contributed by atoms with Crippen molar-refractivity contribution in [2.45, 2.75) is 63.8 Å². The molecule has 192 valence electrons. The van der Waals surface area contributed by atoms with Gasteiger partial charge in [-0.25, -0.2) is 9.97 Å². The molecule has 2 saturated heterocycles. The number of hydrogen-bond acceptors (Lipinski definition) is 9. The van der Waals surface area contributed by atoms with E-state index in [9.17, 15) is 9.00 Å². The van der Waals surface area contributed by atoms with Crippen molar-refractivity contribution in [3.63, 3.8) is 0 Å². The van der Waals surface area contributed by atoms with Crippen LogP contribution in [0.4, 0.5) is 11.6 Å². The summed E-state index contributed by atoms with van der Waals surface area (Å²) in [6.45, 7) is 13.7. The van der Waals surface area contributed by atoms with Crippen molar-refractivity contribution in [1.82, 2.24) is 34.9 Å². The minimum Gasteiger partial charge on any atom is -0.363 e. The molecule has 0 bridgehead atoms. The molecule has 2 fully saturated rings. The molecule has 1 amide bonds. The molecule has 6 heterocycles. The van der Waals surface area contributed by atoms with Crippen molar-refractivity contribution in [1.29, 1.82) is 0 Å². The Kier molecular flexibility index (Phi) is 5.19. The van der Waals surface area contributed by atoms with Crippen LogP contribution in [0.25, 0.3) is 6.20 Å². The summed E-state index contributed by atoms with van der Waals surface area (Å²) in [5.41, 5.74) is 0.946. The first-order valence-corrected chi connectivity index (χ1v) is 13.9. The highest BCUT2D eigenvalue weighted by molar-refractivity contribution is 7.88. The number of piperazine rings is 1. The van der Waals surface area contributed by atoms with Crippen LogP contribution in [0.15, 0.2) is 12.1 Å². The minimum absolute atomic E-state index is 0.00441. The van der Waals surface area contributed by atoms with Crippen LogP contribution in [0.5, 0.6) is 0 Å². The van der Waals surface area contributed by atoms with Crippen LogP contribution >= 0.6 is 0 Å². The standard InChI is InChI=1S/C24H33N9O2S/c1-15-11-30(7-8-31(15)22(34)24(5)6-9-36(24)35)20-19-21(27-14-26-20)33(13-23(19,3)4)18-12-32-16(2)28-29-17(32)10-25-18/h12,14-15,25H,6-11,13H2,1-5H3. The van der Waals surface area contributed by atoms with Crippen molar-refractivity contribution in [2.24, 2.45) is 0 Å². The molecule has 0 aromatic carbocycles. The predicted octanol–water partition coefficient (Wildman–Crippen LogP) is 0.982. The monoisotopic (exact) mass is 511 g/mol. The van der Waals surface area contributed by atoms with Gasteiger partial charge in [-0.2, -0.15) is 0 Å². The molecule has 3 atom stereocenters. The van der Waals surface area contributed by atoms with Gasteiger partial charge in [-0.1, -0.05) is 13.8 Å². The van der Waals surface area contributed by atoms with Crippen molar-refractivity contribution < 1.29 is 9.00 Å². The van der Waals surface area contributed by atoms with Gasteiger partial charge < -0.3 is 20.0 Å². The lowest BCUT2D eigenvalue weighted by molar-refractivity contribution is -0.136. The zero-order chi connectivity index (χ0) is 25.4. The van der Waals surface area contributed by atoms with Crippen LogP contribution in [0.2, 0.25) is 0 Å². The molecule has 12 heteroatoms. The van der Waals surface area contributed by atoms with E-state index in [1.54, 1.807) is 6.33 Å². The van der Waals surface area contributed by atoms with E-state index in [1.807, 2.05) is 29.5 Å². The number of nitrogens with one attached hydrogen (secondary N) is 1. The zero-order valence-corrected chi connectivity index (χ0v) is 22.3. The third-order valence-corrected chi connectivity index (χ3v) is 10.1. The molecule has 4 aliphatic rings. The van der Waals surface area contributed by atoms with E-state index < -0.39 is 15.5 Å². The lowest BCUT2D eigenvalue weighted by atomic mass is 9.87. The number of aryl methyl sites for hydroxylation is 1. The summed E-state index contributed by atoms with van der Waals surface area (Å²) >= 11 is 0. The van der Waals surface area contributed by atoms with Crippen LogP contribution in [0, 0.1) is 6.92 Å². The molecule has 2 aromatic rings. The lowest BCUT2D eigenvalue weighted by Crippen LogP contribution is -2.63. The quantitative estimate of drug-likeness (QED) is 0.644. The van der Waals surface area contributed by atoms with E-state index >= 15 is 0 Å². The summed E-state index contributed by atoms with van der Waals surface area (Å²) < 4.78 is 13.6. The van der Waals surface area contributed by atoms with Crippen molar-refractivity contribution in [3.05, 3.63) is 29.4 Å². The summed E-state index contributed by atoms with van der Waals surface area (Å²) in [6.07, 6.45) is 4.38. The maximum atomic E-state index is 13.2. The fraction of sp³-hybridized carbons (Fsp3) is 0.625. The third kappa shape index (κ3) is 3.36. The van der Waals surface area contributed by atoms with E-state index in [0.717, 1.165) is 41.2 Å². The molecular weight excluding hydrogens is 478 g/mol. The highest BCUT2D eigenvalue weighted by Gasteiger charge is 2.50. The van der Waals surface area contributed by atoms with Gasteiger partial charge in [0.1, 0.15) is 34.4 Å². The van der Waals surface area contributed by atoms with Gasteiger partial charge in [-0.15, -0.1) is 10.2 Å². The van der Waals surface area contributed by atoms with Gasteiger partial charge in [-0.3, -0.25) is 13.6 Å². The largest absolute Gasteiger partial charge is 0.363 e. The van der Waals surface area contributed by atoms with Crippen molar-refractivity contribution in [3.8, 4) is 0 Å². The highest BCUT2D eigenvalue weighted by Crippen LogP contribution is 2.45. The van der Waals surface area contributed by atoms with Crippen LogP contribution in [0.3, 0.4) is 0 Å². The van der Waals surface area contributed by atoms with Gasteiger partial charge >= 0.3 is 0 Å². The third-order valence-electron chi connectivity index (χ3n) is 8.11. The van der Waals surface area contributed by atoms with Gasteiger partial charge in [0.15, 0.2) is 5.82 Å². The van der Waals surface area contributed by atoms with Crippen LogP contribution < -0.4 is 15.1 Å². The number of nitrogens with zero attached hydrogens (tertiary/aromatic N) is 8. The van der Waals surface area contributed by atoms with Crippen molar-refractivity contribution >= 4 is 34.5 Å². The number of aromatic nitrogens is 5. The SMILES string of the molecule is Cc1nnc2n1C=C(N1CC(C)(C)c3c(N4CCN(C(=O)C5(C)CCS5=O)C(C)C4)ncnc31)NC2. The molecule has 0 spiro atoms. The first kappa shape index (κ1) is 23.4. The summed E-state index contributed by atoms with van der Waals surface area (Å²) in [6, 6.07) is 0.00441. The molecule has 6 rings (SSSR count). The van der Waals surface area contributed by atoms with Gasteiger partial charge in [0, 0.05) is 59.8 Å². The average molecular weight is 512 g/mol. The Labute approximate surface area is 213 Å². The topological polar surface area (TPSA) is 112 Å². The Bertz CT molecular complexity index is 1300. The number of carbonyl (C=O) groups is 1. The zero-order valence-electron chi connectivity index (χ0n) is 21.5. The van der Waals surface area contributed by atoms with Gasteiger partial charge in [-0.05, 0) is 27.2 Å². The second-order valence-electron chi connectivity index (χ2n) is 11.1. The number of fused-ring (bicyclic) bond motifs is 2. The van der Waals surface area contributed by atoms with Crippen LogP contribution in [0.1, 0.15) is 51.3 Å². The summed E-state index contributed by atoms with van der Waals surface area (Å²) in [7, 11) is -1.07. The summed E-state index contributed by atoms with van der Waals surface area (Å²) in [4.78, 5) is 29.1. The summed E-state index contributed by atoms with van der Waals surface area (Å²) in [5.74, 6) is 5.19. The lowest BCUT2D eigenvalue weighted by Gasteiger charge is -2.46. The van der Waals surface area contributed by atoms with Gasteiger partial charge in [0.05, 0.1) is 12.7 Å². The Morgan fingerprint density at radius 2 is 1.94 bits per heavy atom. The molecule has 11 nitrogen and oxygen atoms in total. The Hall–Kier alpha value is -3.02. The average Bonchev–Trinajstić information content (AvgIpc) is 3.38. The van der Waals surface area contributed by atoms with E-state index in [0.29, 0.717) is 38.4 Å². The number of carbonyl (C=O) groups excluding carboxylic acids is 1. The first-order valence-electron chi connectivity index (χ1n) is 12.5. The molecule has 2 aromatic heterocycles. The Morgan fingerprint density at radius 3 is 2.64 bits per heavy atom. The fourth-order valence-electron chi connectivity index (χ4n) is 5.82. The molecular formula is C24H33N9O2S. The number of hydrogen-bond donors (Lipinski definition) is 1. The van der Waals surface area contributed by atoms with Gasteiger partial charge in [0.2, 0.25) is 5.91 Å². The molecule has 36 heavy (non-hydrogen) atoms. The number of rotatable bonds is 3. The second-order valence-corrected chi connectivity index (χ2v) is 13.1. The Morgan fingerprint density at radius 1 is 1.17 bits per heavy atom. The highest BCUT2D eigenvalue weighted by atomic mass is 32.2. The molecule has 0 radical (unpaired) electrons. The molecule has 4 aliphatic heterocycles. The smallest absolute Gasteiger partial charge is 0.241 e. The molecule has 0 aliphatic carbocycles.